The van der Waals surface area contributed by atoms with Crippen LogP contribution in [0.5, 0.6) is 5.88 Å². The number of benzene rings is 1. The van der Waals surface area contributed by atoms with Gasteiger partial charge in [0.15, 0.2) is 0 Å². The lowest BCUT2D eigenvalue weighted by molar-refractivity contribution is 0.281. The molecular weight excluding hydrogens is 316 g/mol. The first-order valence-electron chi connectivity index (χ1n) is 7.14. The van der Waals surface area contributed by atoms with Crippen molar-refractivity contribution in [3.05, 3.63) is 47.7 Å². The second-order valence-electron chi connectivity index (χ2n) is 5.39. The van der Waals surface area contributed by atoms with Crippen LogP contribution in [0.3, 0.4) is 0 Å². The molecule has 0 amide bonds. The van der Waals surface area contributed by atoms with E-state index in [2.05, 4.69) is 9.71 Å². The van der Waals surface area contributed by atoms with Crippen LogP contribution in [-0.2, 0) is 16.6 Å². The second-order valence-corrected chi connectivity index (χ2v) is 7.07. The maximum absolute atomic E-state index is 12.5. The van der Waals surface area contributed by atoms with Crippen molar-refractivity contribution in [2.24, 2.45) is 0 Å². The normalized spacial score (nSPS) is 11.5. The van der Waals surface area contributed by atoms with Gasteiger partial charge >= 0.3 is 0 Å². The molecule has 2 N–H and O–H groups in total. The zero-order valence-electron chi connectivity index (χ0n) is 13.3. The summed E-state index contributed by atoms with van der Waals surface area (Å²) in [6.45, 7) is 3.76. The van der Waals surface area contributed by atoms with Gasteiger partial charge in [0.1, 0.15) is 5.69 Å². The first-order chi connectivity index (χ1) is 10.9. The predicted octanol–water partition coefficient (Wildman–Crippen LogP) is 2.51. The van der Waals surface area contributed by atoms with Crippen molar-refractivity contribution in [1.82, 2.24) is 4.98 Å². The number of hydrogen-bond acceptors (Lipinski definition) is 5. The number of methoxy groups -OCH3 is 1. The summed E-state index contributed by atoms with van der Waals surface area (Å²) < 4.78 is 32.7. The molecule has 0 bridgehead atoms. The van der Waals surface area contributed by atoms with E-state index in [-0.39, 0.29) is 29.0 Å². The fraction of sp³-hybridized carbons (Fsp3) is 0.312. The van der Waals surface area contributed by atoms with Gasteiger partial charge in [0.2, 0.25) is 5.88 Å². The second kappa shape index (κ2) is 6.97. The number of hydrogen-bond donors (Lipinski definition) is 2. The van der Waals surface area contributed by atoms with Gasteiger partial charge in [-0.3, -0.25) is 4.72 Å². The molecule has 0 unspecified atom stereocenters. The van der Waals surface area contributed by atoms with Gasteiger partial charge in [0.25, 0.3) is 10.0 Å². The van der Waals surface area contributed by atoms with Gasteiger partial charge in [-0.1, -0.05) is 26.0 Å². The molecule has 2 rings (SSSR count). The highest BCUT2D eigenvalue weighted by Crippen LogP contribution is 2.28. The number of aliphatic hydroxyl groups excluding tert-OH is 1. The van der Waals surface area contributed by atoms with Crippen molar-refractivity contribution in [2.75, 3.05) is 11.8 Å². The van der Waals surface area contributed by atoms with Crippen LogP contribution >= 0.6 is 0 Å². The molecule has 6 nitrogen and oxygen atoms in total. The van der Waals surface area contributed by atoms with Crippen molar-refractivity contribution < 1.29 is 18.3 Å². The van der Waals surface area contributed by atoms with E-state index in [0.717, 1.165) is 5.56 Å². The minimum absolute atomic E-state index is 0.0704. The van der Waals surface area contributed by atoms with Gasteiger partial charge in [-0.05, 0) is 35.2 Å². The molecule has 2 aromatic rings. The number of sulfonamides is 1. The largest absolute Gasteiger partial charge is 0.480 e. The standard InChI is InChI=1S/C16H20N2O4S/c1-11(2)13-8-15(16(22-3)17-9-13)18-23(20,21)14-6-4-5-12(7-14)10-19/h4-9,11,18-19H,10H2,1-3H3. The molecule has 0 saturated carbocycles. The average molecular weight is 336 g/mol. The van der Waals surface area contributed by atoms with Gasteiger partial charge < -0.3 is 9.84 Å². The van der Waals surface area contributed by atoms with E-state index < -0.39 is 10.0 Å². The average Bonchev–Trinajstić information content (AvgIpc) is 2.54. The summed E-state index contributed by atoms with van der Waals surface area (Å²) >= 11 is 0. The Bertz CT molecular complexity index is 788. The van der Waals surface area contributed by atoms with Gasteiger partial charge in [0.05, 0.1) is 18.6 Å². The maximum atomic E-state index is 12.5. The van der Waals surface area contributed by atoms with E-state index in [4.69, 9.17) is 9.84 Å². The van der Waals surface area contributed by atoms with Crippen molar-refractivity contribution in [2.45, 2.75) is 31.3 Å². The first kappa shape index (κ1) is 17.2. The van der Waals surface area contributed by atoms with Crippen molar-refractivity contribution in [3.8, 4) is 5.88 Å². The third kappa shape index (κ3) is 4.00. The smallest absolute Gasteiger partial charge is 0.262 e. The molecule has 0 radical (unpaired) electrons. The minimum Gasteiger partial charge on any atom is -0.480 e. The number of ether oxygens (including phenoxy) is 1. The molecule has 7 heteroatoms. The first-order valence-corrected chi connectivity index (χ1v) is 8.62. The van der Waals surface area contributed by atoms with E-state index in [1.165, 1.54) is 19.2 Å². The molecule has 0 spiro atoms. The number of aromatic nitrogens is 1. The molecule has 0 aliphatic carbocycles. The quantitative estimate of drug-likeness (QED) is 0.846. The number of nitrogens with zero attached hydrogens (tertiary/aromatic N) is 1. The molecular formula is C16H20N2O4S. The van der Waals surface area contributed by atoms with Crippen LogP contribution in [0.2, 0.25) is 0 Å². The summed E-state index contributed by atoms with van der Waals surface area (Å²) in [5.41, 5.74) is 1.70. The maximum Gasteiger partial charge on any atom is 0.262 e. The molecule has 0 aliphatic heterocycles. The summed E-state index contributed by atoms with van der Waals surface area (Å²) in [6, 6.07) is 7.84. The Labute approximate surface area is 136 Å². The molecule has 1 aromatic heterocycles. The summed E-state index contributed by atoms with van der Waals surface area (Å²) in [4.78, 5) is 4.21. The lowest BCUT2D eigenvalue weighted by Crippen LogP contribution is -2.14. The van der Waals surface area contributed by atoms with E-state index in [1.807, 2.05) is 13.8 Å². The highest BCUT2D eigenvalue weighted by molar-refractivity contribution is 7.92. The van der Waals surface area contributed by atoms with E-state index in [1.54, 1.807) is 24.4 Å². The third-order valence-electron chi connectivity index (χ3n) is 3.37. The van der Waals surface area contributed by atoms with E-state index in [0.29, 0.717) is 5.56 Å². The summed E-state index contributed by atoms with van der Waals surface area (Å²) in [6.07, 6.45) is 1.66. The fourth-order valence-corrected chi connectivity index (χ4v) is 3.15. The lowest BCUT2D eigenvalue weighted by Gasteiger charge is -2.14. The highest BCUT2D eigenvalue weighted by Gasteiger charge is 2.18. The Morgan fingerprint density at radius 3 is 2.65 bits per heavy atom. The van der Waals surface area contributed by atoms with Crippen molar-refractivity contribution in [3.63, 3.8) is 0 Å². The third-order valence-corrected chi connectivity index (χ3v) is 4.73. The van der Waals surface area contributed by atoms with Crippen LogP contribution in [0, 0.1) is 0 Å². The van der Waals surface area contributed by atoms with Crippen molar-refractivity contribution >= 4 is 15.7 Å². The Morgan fingerprint density at radius 1 is 1.30 bits per heavy atom. The van der Waals surface area contributed by atoms with Crippen LogP contribution in [-0.4, -0.2) is 25.6 Å². The Kier molecular flexibility index (Phi) is 5.23. The number of nitrogens with one attached hydrogen (secondary N) is 1. The molecule has 0 saturated heterocycles. The van der Waals surface area contributed by atoms with Crippen LogP contribution in [0.4, 0.5) is 5.69 Å². The SMILES string of the molecule is COc1ncc(C(C)C)cc1NS(=O)(=O)c1cccc(CO)c1. The van der Waals surface area contributed by atoms with Gasteiger partial charge in [-0.25, -0.2) is 13.4 Å². The highest BCUT2D eigenvalue weighted by atomic mass is 32.2. The zero-order valence-corrected chi connectivity index (χ0v) is 14.1. The molecule has 0 aliphatic rings. The molecule has 23 heavy (non-hydrogen) atoms. The molecule has 124 valence electrons. The van der Waals surface area contributed by atoms with E-state index >= 15 is 0 Å². The molecule has 0 fully saturated rings. The minimum atomic E-state index is -3.80. The zero-order chi connectivity index (χ0) is 17.0. The predicted molar refractivity (Wildman–Crippen MR) is 88.1 cm³/mol. The Hall–Kier alpha value is -2.12. The topological polar surface area (TPSA) is 88.5 Å². The molecule has 1 heterocycles. The van der Waals surface area contributed by atoms with E-state index in [9.17, 15) is 8.42 Å². The van der Waals surface area contributed by atoms with Crippen molar-refractivity contribution in [1.29, 1.82) is 0 Å². The van der Waals surface area contributed by atoms with Gasteiger partial charge in [-0.2, -0.15) is 0 Å². The summed E-state index contributed by atoms with van der Waals surface area (Å²) in [5, 5.41) is 9.15. The molecule has 0 atom stereocenters. The lowest BCUT2D eigenvalue weighted by atomic mass is 10.1. The fourth-order valence-electron chi connectivity index (χ4n) is 2.03. The number of aliphatic hydroxyl groups is 1. The Balaban J connectivity index is 2.41. The van der Waals surface area contributed by atoms with Crippen LogP contribution in [0.1, 0.15) is 30.9 Å². The Morgan fingerprint density at radius 2 is 2.04 bits per heavy atom. The number of pyridine rings is 1. The molecule has 1 aromatic carbocycles. The monoisotopic (exact) mass is 336 g/mol. The van der Waals surface area contributed by atoms with Crippen LogP contribution < -0.4 is 9.46 Å². The van der Waals surface area contributed by atoms with Crippen LogP contribution in [0.25, 0.3) is 0 Å². The van der Waals surface area contributed by atoms with Gasteiger partial charge in [-0.15, -0.1) is 0 Å². The number of rotatable bonds is 6. The summed E-state index contributed by atoms with van der Waals surface area (Å²) in [7, 11) is -2.37. The van der Waals surface area contributed by atoms with Gasteiger partial charge in [0, 0.05) is 6.20 Å². The van der Waals surface area contributed by atoms with Crippen LogP contribution in [0.15, 0.2) is 41.4 Å². The number of anilines is 1. The summed E-state index contributed by atoms with van der Waals surface area (Å²) in [5.74, 6) is 0.408.